The minimum Gasteiger partial charge on any atom is -0.394 e. The smallest absolute Gasteiger partial charge is 0.246 e. The number of hydrogen-bond acceptors (Lipinski definition) is 3. The first kappa shape index (κ1) is 16.7. The number of carbonyl (C=O) groups excluding carboxylic acids is 2. The van der Waals surface area contributed by atoms with Gasteiger partial charge in [0.15, 0.2) is 0 Å². The van der Waals surface area contributed by atoms with Gasteiger partial charge in [-0.15, -0.1) is 0 Å². The highest BCUT2D eigenvalue weighted by Gasteiger charge is 2.31. The third-order valence-electron chi connectivity index (χ3n) is 3.88. The fourth-order valence-corrected chi connectivity index (χ4v) is 3.07. The van der Waals surface area contributed by atoms with Crippen LogP contribution < -0.4 is 0 Å². The van der Waals surface area contributed by atoms with Gasteiger partial charge in [-0.2, -0.15) is 0 Å². The number of halogens is 1. The predicted octanol–water partition coefficient (Wildman–Crippen LogP) is 1.51. The fourth-order valence-electron chi connectivity index (χ4n) is 2.69. The van der Waals surface area contributed by atoms with Gasteiger partial charge in [0, 0.05) is 18.1 Å². The van der Waals surface area contributed by atoms with E-state index in [0.29, 0.717) is 6.54 Å². The molecule has 1 aromatic rings. The Morgan fingerprint density at radius 2 is 2.27 bits per heavy atom. The average Bonchev–Trinajstić information content (AvgIpc) is 2.52. The first-order chi connectivity index (χ1) is 10.5. The van der Waals surface area contributed by atoms with Gasteiger partial charge in [0.25, 0.3) is 0 Å². The number of carbonyl (C=O) groups is 2. The number of hydrogen-bond donors (Lipinski definition) is 1. The number of amides is 2. The van der Waals surface area contributed by atoms with Crippen LogP contribution in [0.2, 0.25) is 0 Å². The zero-order valence-corrected chi connectivity index (χ0v) is 14.0. The lowest BCUT2D eigenvalue weighted by Gasteiger charge is -2.37. The quantitative estimate of drug-likeness (QED) is 0.821. The molecule has 1 aliphatic heterocycles. The van der Waals surface area contributed by atoms with Crippen molar-refractivity contribution in [3.05, 3.63) is 46.5 Å². The van der Waals surface area contributed by atoms with Crippen molar-refractivity contribution in [1.82, 2.24) is 9.80 Å². The van der Waals surface area contributed by atoms with Crippen LogP contribution in [0.4, 0.5) is 0 Å². The number of benzene rings is 1. The number of likely N-dealkylation sites (N-methyl/N-ethyl adjacent to an activating group) is 1. The second-order valence-corrected chi connectivity index (χ2v) is 6.19. The molecule has 1 N–H and O–H groups in total. The van der Waals surface area contributed by atoms with Crippen molar-refractivity contribution < 1.29 is 14.7 Å². The standard InChI is InChI=1S/C16H19BrN2O3/c1-3-15(21)18(2)9-16(22)19-7-6-11-4-5-12(17)8-13(11)14(19)10-20/h3-5,8,14,20H,1,6-7,9-10H2,2H3. The monoisotopic (exact) mass is 366 g/mol. The van der Waals surface area contributed by atoms with Crippen LogP contribution in [0.3, 0.4) is 0 Å². The van der Waals surface area contributed by atoms with E-state index in [2.05, 4.69) is 22.5 Å². The highest BCUT2D eigenvalue weighted by Crippen LogP contribution is 2.31. The molecule has 1 heterocycles. The molecule has 0 saturated heterocycles. The molecule has 0 aromatic heterocycles. The lowest BCUT2D eigenvalue weighted by Crippen LogP contribution is -2.46. The molecule has 1 aromatic carbocycles. The highest BCUT2D eigenvalue weighted by molar-refractivity contribution is 9.10. The molecule has 0 fully saturated rings. The van der Waals surface area contributed by atoms with E-state index >= 15 is 0 Å². The maximum Gasteiger partial charge on any atom is 0.246 e. The van der Waals surface area contributed by atoms with E-state index in [1.165, 1.54) is 11.0 Å². The van der Waals surface area contributed by atoms with Crippen molar-refractivity contribution in [3.63, 3.8) is 0 Å². The zero-order valence-electron chi connectivity index (χ0n) is 12.5. The zero-order chi connectivity index (χ0) is 16.3. The Labute approximate surface area is 138 Å². The Morgan fingerprint density at radius 1 is 1.55 bits per heavy atom. The van der Waals surface area contributed by atoms with Gasteiger partial charge in [-0.1, -0.05) is 28.6 Å². The third-order valence-corrected chi connectivity index (χ3v) is 4.37. The summed E-state index contributed by atoms with van der Waals surface area (Å²) in [6.45, 7) is 3.78. The van der Waals surface area contributed by atoms with Gasteiger partial charge in [0.05, 0.1) is 19.2 Å². The van der Waals surface area contributed by atoms with E-state index < -0.39 is 0 Å². The van der Waals surface area contributed by atoms with E-state index in [1.54, 1.807) is 11.9 Å². The van der Waals surface area contributed by atoms with Crippen molar-refractivity contribution >= 4 is 27.7 Å². The topological polar surface area (TPSA) is 60.9 Å². The van der Waals surface area contributed by atoms with E-state index in [1.807, 2.05) is 18.2 Å². The van der Waals surface area contributed by atoms with Gasteiger partial charge >= 0.3 is 0 Å². The van der Waals surface area contributed by atoms with Gasteiger partial charge in [0.1, 0.15) is 0 Å². The lowest BCUT2D eigenvalue weighted by atomic mass is 9.93. The number of fused-ring (bicyclic) bond motifs is 1. The van der Waals surface area contributed by atoms with E-state index in [0.717, 1.165) is 22.0 Å². The maximum absolute atomic E-state index is 12.5. The van der Waals surface area contributed by atoms with Crippen molar-refractivity contribution in [2.45, 2.75) is 12.5 Å². The predicted molar refractivity (Wildman–Crippen MR) is 87.2 cm³/mol. The molecule has 0 aliphatic carbocycles. The summed E-state index contributed by atoms with van der Waals surface area (Å²) < 4.78 is 0.915. The van der Waals surface area contributed by atoms with Crippen LogP contribution in [0.25, 0.3) is 0 Å². The first-order valence-corrected chi connectivity index (χ1v) is 7.83. The molecule has 0 radical (unpaired) electrons. The van der Waals surface area contributed by atoms with E-state index in [9.17, 15) is 14.7 Å². The van der Waals surface area contributed by atoms with Crippen LogP contribution in [-0.4, -0.2) is 53.5 Å². The SMILES string of the molecule is C=CC(=O)N(C)CC(=O)N1CCc2ccc(Br)cc2C1CO. The molecular weight excluding hydrogens is 348 g/mol. The largest absolute Gasteiger partial charge is 0.394 e. The molecule has 2 rings (SSSR count). The first-order valence-electron chi connectivity index (χ1n) is 7.04. The van der Waals surface area contributed by atoms with Crippen LogP contribution >= 0.6 is 15.9 Å². The maximum atomic E-state index is 12.5. The van der Waals surface area contributed by atoms with E-state index in [4.69, 9.17) is 0 Å². The Hall–Kier alpha value is -1.66. The average molecular weight is 367 g/mol. The van der Waals surface area contributed by atoms with Gasteiger partial charge in [-0.3, -0.25) is 9.59 Å². The summed E-state index contributed by atoms with van der Waals surface area (Å²) in [7, 11) is 1.56. The normalized spacial score (nSPS) is 16.9. The molecule has 6 heteroatoms. The molecule has 1 atom stereocenters. The van der Waals surface area contributed by atoms with Crippen LogP contribution in [0.5, 0.6) is 0 Å². The van der Waals surface area contributed by atoms with Gasteiger partial charge in [-0.25, -0.2) is 0 Å². The summed E-state index contributed by atoms with van der Waals surface area (Å²) in [6.07, 6.45) is 1.92. The summed E-state index contributed by atoms with van der Waals surface area (Å²) in [6, 6.07) is 5.54. The Kier molecular flexibility index (Phi) is 5.37. The number of aliphatic hydroxyl groups excluding tert-OH is 1. The van der Waals surface area contributed by atoms with Crippen molar-refractivity contribution in [1.29, 1.82) is 0 Å². The summed E-state index contributed by atoms with van der Waals surface area (Å²) in [5.74, 6) is -0.476. The summed E-state index contributed by atoms with van der Waals surface area (Å²) >= 11 is 3.42. The number of nitrogens with zero attached hydrogens (tertiary/aromatic N) is 2. The molecule has 0 spiro atoms. The second-order valence-electron chi connectivity index (χ2n) is 5.28. The second kappa shape index (κ2) is 7.07. The summed E-state index contributed by atoms with van der Waals surface area (Å²) in [4.78, 5) is 26.9. The molecule has 1 aliphatic rings. The number of aliphatic hydroxyl groups is 1. The van der Waals surface area contributed by atoms with Gasteiger partial charge < -0.3 is 14.9 Å². The number of rotatable bonds is 4. The molecule has 1 unspecified atom stereocenters. The minimum atomic E-state index is -0.374. The van der Waals surface area contributed by atoms with Gasteiger partial charge in [0.2, 0.25) is 11.8 Å². The highest BCUT2D eigenvalue weighted by atomic mass is 79.9. The molecule has 5 nitrogen and oxygen atoms in total. The van der Waals surface area contributed by atoms with Crippen LogP contribution in [0, 0.1) is 0 Å². The fraction of sp³-hybridized carbons (Fsp3) is 0.375. The minimum absolute atomic E-state index is 0.0231. The molecular formula is C16H19BrN2O3. The third kappa shape index (κ3) is 3.39. The van der Waals surface area contributed by atoms with Crippen LogP contribution in [0.1, 0.15) is 17.2 Å². The van der Waals surface area contributed by atoms with Crippen molar-refractivity contribution in [3.8, 4) is 0 Å². The molecule has 2 amide bonds. The Bertz CT molecular complexity index is 603. The van der Waals surface area contributed by atoms with Gasteiger partial charge in [-0.05, 0) is 35.8 Å². The summed E-state index contributed by atoms with van der Waals surface area (Å²) in [5, 5.41) is 9.73. The Morgan fingerprint density at radius 3 is 2.91 bits per heavy atom. The van der Waals surface area contributed by atoms with Crippen molar-refractivity contribution in [2.24, 2.45) is 0 Å². The molecule has 22 heavy (non-hydrogen) atoms. The Balaban J connectivity index is 2.20. The van der Waals surface area contributed by atoms with Crippen LogP contribution in [-0.2, 0) is 16.0 Å². The van der Waals surface area contributed by atoms with Crippen LogP contribution in [0.15, 0.2) is 35.3 Å². The van der Waals surface area contributed by atoms with Crippen molar-refractivity contribution in [2.75, 3.05) is 26.7 Å². The van der Waals surface area contributed by atoms with E-state index in [-0.39, 0.29) is 31.0 Å². The molecule has 118 valence electrons. The molecule has 0 saturated carbocycles. The molecule has 0 bridgehead atoms. The lowest BCUT2D eigenvalue weighted by molar-refractivity contribution is -0.140. The summed E-state index contributed by atoms with van der Waals surface area (Å²) in [5.41, 5.74) is 2.09.